The maximum atomic E-state index is 12.9. The molecular weight excluding hydrogens is 405 g/mol. The average molecular weight is 420 g/mol. The van der Waals surface area contributed by atoms with Crippen LogP contribution >= 0.6 is 23.2 Å². The molecule has 1 amide bonds. The lowest BCUT2D eigenvalue weighted by Gasteiger charge is -2.09. The van der Waals surface area contributed by atoms with Crippen LogP contribution in [0.15, 0.2) is 84.0 Å². The van der Waals surface area contributed by atoms with Gasteiger partial charge in [-0.2, -0.15) is 5.10 Å². The summed E-state index contributed by atoms with van der Waals surface area (Å²) >= 11 is 12.3. The van der Waals surface area contributed by atoms with Crippen LogP contribution in [0.3, 0.4) is 0 Å². The van der Waals surface area contributed by atoms with Crippen LogP contribution in [0, 0.1) is 0 Å². The molecule has 1 N–H and O–H groups in total. The lowest BCUT2D eigenvalue weighted by atomic mass is 10.0. The van der Waals surface area contributed by atoms with Gasteiger partial charge in [0.15, 0.2) is 0 Å². The standard InChI is InChI=1S/C23H15Cl2N3O/c24-19-10-6-11-20(25)18(19)14-26-28-23(29)17-13-22(15-7-2-1-3-8-15)27-21-12-5-4-9-16(17)21/h1-14H,(H,28,29)/b26-14-. The zero-order valence-corrected chi connectivity index (χ0v) is 16.7. The van der Waals surface area contributed by atoms with E-state index in [4.69, 9.17) is 23.2 Å². The van der Waals surface area contributed by atoms with Gasteiger partial charge in [0.05, 0.1) is 33.0 Å². The van der Waals surface area contributed by atoms with Gasteiger partial charge in [0.2, 0.25) is 0 Å². The molecule has 4 nitrogen and oxygen atoms in total. The van der Waals surface area contributed by atoms with E-state index in [1.165, 1.54) is 6.21 Å². The van der Waals surface area contributed by atoms with Crippen molar-refractivity contribution in [2.24, 2.45) is 5.10 Å². The number of pyridine rings is 1. The van der Waals surface area contributed by atoms with Gasteiger partial charge in [0.25, 0.3) is 5.91 Å². The summed E-state index contributed by atoms with van der Waals surface area (Å²) in [5.74, 6) is -0.347. The van der Waals surface area contributed by atoms with Gasteiger partial charge in [0, 0.05) is 16.5 Å². The lowest BCUT2D eigenvalue weighted by molar-refractivity contribution is 0.0956. The first-order valence-electron chi connectivity index (χ1n) is 8.86. The van der Waals surface area contributed by atoms with Gasteiger partial charge >= 0.3 is 0 Å². The van der Waals surface area contributed by atoms with E-state index < -0.39 is 0 Å². The van der Waals surface area contributed by atoms with Crippen LogP contribution in [0.2, 0.25) is 10.0 Å². The Morgan fingerprint density at radius 1 is 0.897 bits per heavy atom. The molecule has 142 valence electrons. The fourth-order valence-electron chi connectivity index (χ4n) is 2.97. The second kappa shape index (κ2) is 8.43. The molecule has 0 spiro atoms. The third kappa shape index (κ3) is 4.14. The first-order chi connectivity index (χ1) is 14.1. The van der Waals surface area contributed by atoms with E-state index in [0.717, 1.165) is 16.5 Å². The monoisotopic (exact) mass is 419 g/mol. The largest absolute Gasteiger partial charge is 0.272 e. The van der Waals surface area contributed by atoms with Crippen LogP contribution in [-0.2, 0) is 0 Å². The first-order valence-corrected chi connectivity index (χ1v) is 9.62. The highest BCUT2D eigenvalue weighted by atomic mass is 35.5. The van der Waals surface area contributed by atoms with Crippen molar-refractivity contribution >= 4 is 46.2 Å². The third-order valence-electron chi connectivity index (χ3n) is 4.39. The number of hydrogen-bond acceptors (Lipinski definition) is 3. The number of carbonyl (C=O) groups excluding carboxylic acids is 1. The van der Waals surface area contributed by atoms with Crippen LogP contribution in [0.5, 0.6) is 0 Å². The molecule has 1 heterocycles. The second-order valence-electron chi connectivity index (χ2n) is 6.27. The van der Waals surface area contributed by atoms with E-state index >= 15 is 0 Å². The Kier molecular flexibility index (Phi) is 5.56. The number of carbonyl (C=O) groups is 1. The normalized spacial score (nSPS) is 11.1. The number of para-hydroxylation sites is 1. The summed E-state index contributed by atoms with van der Waals surface area (Å²) in [7, 11) is 0. The molecule has 29 heavy (non-hydrogen) atoms. The Balaban J connectivity index is 1.69. The summed E-state index contributed by atoms with van der Waals surface area (Å²) in [4.78, 5) is 17.6. The number of hydrogen-bond donors (Lipinski definition) is 1. The number of amides is 1. The van der Waals surface area contributed by atoms with Gasteiger partial charge < -0.3 is 0 Å². The van der Waals surface area contributed by atoms with E-state index in [1.54, 1.807) is 24.3 Å². The van der Waals surface area contributed by atoms with Crippen LogP contribution in [0.25, 0.3) is 22.2 Å². The minimum absolute atomic E-state index is 0.347. The van der Waals surface area contributed by atoms with E-state index in [2.05, 4.69) is 15.5 Å². The number of hydrazone groups is 1. The van der Waals surface area contributed by atoms with Crippen molar-refractivity contribution in [1.82, 2.24) is 10.4 Å². The summed E-state index contributed by atoms with van der Waals surface area (Å²) in [5.41, 5.74) is 5.96. The molecule has 0 saturated carbocycles. The zero-order chi connectivity index (χ0) is 20.2. The highest BCUT2D eigenvalue weighted by Gasteiger charge is 2.13. The number of halogens is 2. The van der Waals surface area contributed by atoms with Gasteiger partial charge in [-0.15, -0.1) is 0 Å². The highest BCUT2D eigenvalue weighted by molar-refractivity contribution is 6.38. The molecule has 0 aliphatic heterocycles. The topological polar surface area (TPSA) is 54.4 Å². The van der Waals surface area contributed by atoms with Crippen LogP contribution < -0.4 is 5.43 Å². The Bertz CT molecular complexity index is 1200. The van der Waals surface area contributed by atoms with Crippen molar-refractivity contribution in [3.05, 3.63) is 100 Å². The summed E-state index contributed by atoms with van der Waals surface area (Å²) in [6.07, 6.45) is 1.43. The fraction of sp³-hybridized carbons (Fsp3) is 0. The van der Waals surface area contributed by atoms with E-state index in [-0.39, 0.29) is 5.91 Å². The third-order valence-corrected chi connectivity index (χ3v) is 5.05. The van der Waals surface area contributed by atoms with Gasteiger partial charge in [-0.05, 0) is 24.3 Å². The summed E-state index contributed by atoms with van der Waals surface area (Å²) in [6.45, 7) is 0. The predicted molar refractivity (Wildman–Crippen MR) is 119 cm³/mol. The molecule has 0 atom stereocenters. The Morgan fingerprint density at radius 2 is 1.59 bits per heavy atom. The van der Waals surface area contributed by atoms with E-state index in [0.29, 0.717) is 26.9 Å². The molecule has 1 aromatic heterocycles. The summed E-state index contributed by atoms with van der Waals surface area (Å²) in [6, 6.07) is 24.1. The number of aromatic nitrogens is 1. The van der Waals surface area contributed by atoms with Gasteiger partial charge in [-0.25, -0.2) is 10.4 Å². The van der Waals surface area contributed by atoms with Crippen LogP contribution in [0.4, 0.5) is 0 Å². The molecule has 0 fully saturated rings. The number of rotatable bonds is 4. The number of nitrogens with zero attached hydrogens (tertiary/aromatic N) is 2. The number of fused-ring (bicyclic) bond motifs is 1. The van der Waals surface area contributed by atoms with Crippen molar-refractivity contribution in [3.8, 4) is 11.3 Å². The average Bonchev–Trinajstić information content (AvgIpc) is 2.75. The minimum atomic E-state index is -0.347. The predicted octanol–water partition coefficient (Wildman–Crippen LogP) is 5.97. The maximum absolute atomic E-state index is 12.9. The SMILES string of the molecule is O=C(N/N=C\c1c(Cl)cccc1Cl)c1cc(-c2ccccc2)nc2ccccc12. The maximum Gasteiger partial charge on any atom is 0.272 e. The molecule has 0 unspecified atom stereocenters. The minimum Gasteiger partial charge on any atom is -0.267 e. The van der Waals surface area contributed by atoms with Crippen LogP contribution in [-0.4, -0.2) is 17.1 Å². The first kappa shape index (κ1) is 19.1. The van der Waals surface area contributed by atoms with E-state index in [1.807, 2.05) is 54.6 Å². The van der Waals surface area contributed by atoms with Crippen molar-refractivity contribution in [2.45, 2.75) is 0 Å². The summed E-state index contributed by atoms with van der Waals surface area (Å²) in [5, 5.41) is 5.69. The van der Waals surface area contributed by atoms with Crippen molar-refractivity contribution < 1.29 is 4.79 Å². The fourth-order valence-corrected chi connectivity index (χ4v) is 3.46. The van der Waals surface area contributed by atoms with Crippen molar-refractivity contribution in [1.29, 1.82) is 0 Å². The lowest BCUT2D eigenvalue weighted by Crippen LogP contribution is -2.18. The Hall–Kier alpha value is -3.21. The molecule has 0 bridgehead atoms. The highest BCUT2D eigenvalue weighted by Crippen LogP contribution is 2.25. The van der Waals surface area contributed by atoms with Gasteiger partial charge in [0.1, 0.15) is 0 Å². The molecule has 0 saturated heterocycles. The molecule has 6 heteroatoms. The number of benzene rings is 3. The van der Waals surface area contributed by atoms with Gasteiger partial charge in [-0.1, -0.05) is 77.8 Å². The van der Waals surface area contributed by atoms with Crippen molar-refractivity contribution in [3.63, 3.8) is 0 Å². The smallest absolute Gasteiger partial charge is 0.267 e. The Morgan fingerprint density at radius 3 is 2.34 bits per heavy atom. The summed E-state index contributed by atoms with van der Waals surface area (Å²) < 4.78 is 0. The Labute approximate surface area is 177 Å². The number of nitrogens with one attached hydrogen (secondary N) is 1. The van der Waals surface area contributed by atoms with Crippen molar-refractivity contribution in [2.75, 3.05) is 0 Å². The molecule has 0 radical (unpaired) electrons. The molecule has 4 rings (SSSR count). The zero-order valence-electron chi connectivity index (χ0n) is 15.1. The molecule has 0 aliphatic rings. The molecule has 3 aromatic carbocycles. The van der Waals surface area contributed by atoms with E-state index in [9.17, 15) is 4.79 Å². The molecular formula is C23H15Cl2N3O. The van der Waals surface area contributed by atoms with Gasteiger partial charge in [-0.3, -0.25) is 4.79 Å². The second-order valence-corrected chi connectivity index (χ2v) is 7.09. The molecule has 0 aliphatic carbocycles. The van der Waals surface area contributed by atoms with Crippen LogP contribution in [0.1, 0.15) is 15.9 Å². The molecule has 4 aromatic rings. The quantitative estimate of drug-likeness (QED) is 0.327.